The highest BCUT2D eigenvalue weighted by Crippen LogP contribution is 2.29. The average molecular weight is 234 g/mol. The molecule has 0 aromatic heterocycles. The molecule has 0 spiro atoms. The first-order valence-corrected chi connectivity index (χ1v) is 4.07. The highest BCUT2D eigenvalue weighted by atomic mass is 19.4. The van der Waals surface area contributed by atoms with Crippen molar-refractivity contribution < 1.29 is 28.2 Å². The Labute approximate surface area is 89.2 Å². The van der Waals surface area contributed by atoms with Gasteiger partial charge >= 0.3 is 6.18 Å². The molecule has 1 aromatic carbocycles. The highest BCUT2D eigenvalue weighted by Gasteiger charge is 2.29. The normalized spacial score (nSPS) is 10.4. The van der Waals surface area contributed by atoms with E-state index < -0.39 is 17.5 Å². The summed E-state index contributed by atoms with van der Waals surface area (Å²) >= 11 is 0. The molecule has 0 fully saturated rings. The topological polar surface area (TPSA) is 65.6 Å². The molecule has 0 unspecified atom stereocenters. The Balaban J connectivity index is 0.00000225. The molecule has 0 saturated carbocycles. The quantitative estimate of drug-likeness (QED) is 0.582. The fourth-order valence-electron chi connectivity index (χ4n) is 1.05. The maximum atomic E-state index is 12.1. The molecule has 1 aromatic rings. The highest BCUT2D eigenvalue weighted by molar-refractivity contribution is 6.25. The molecule has 88 valence electrons. The number of alkyl halides is 3. The van der Waals surface area contributed by atoms with E-state index in [1.807, 2.05) is 0 Å². The molecular weight excluding hydrogens is 225 g/mol. The van der Waals surface area contributed by atoms with Gasteiger partial charge in [0, 0.05) is 6.42 Å². The van der Waals surface area contributed by atoms with E-state index in [0.717, 1.165) is 12.1 Å². The third-order valence-electron chi connectivity index (χ3n) is 1.79. The Kier molecular flexibility index (Phi) is 4.84. The monoisotopic (exact) mass is 234 g/mol. The second-order valence-electron chi connectivity index (χ2n) is 2.96. The minimum absolute atomic E-state index is 0. The van der Waals surface area contributed by atoms with Crippen molar-refractivity contribution >= 4 is 12.1 Å². The van der Waals surface area contributed by atoms with Crippen molar-refractivity contribution in [1.82, 2.24) is 0 Å². The summed E-state index contributed by atoms with van der Waals surface area (Å²) in [6.07, 6.45) is -4.40. The van der Waals surface area contributed by atoms with E-state index in [1.54, 1.807) is 0 Å². The summed E-state index contributed by atoms with van der Waals surface area (Å²) in [7, 11) is 0. The van der Waals surface area contributed by atoms with Crippen LogP contribution in [-0.2, 0) is 22.2 Å². The zero-order valence-corrected chi connectivity index (χ0v) is 8.04. The van der Waals surface area contributed by atoms with Crippen LogP contribution >= 0.6 is 0 Å². The molecule has 0 atom stereocenters. The van der Waals surface area contributed by atoms with Crippen LogP contribution < -0.4 is 0 Å². The minimum atomic E-state index is -4.38. The van der Waals surface area contributed by atoms with Crippen molar-refractivity contribution in [3.8, 4) is 0 Å². The Morgan fingerprint density at radius 3 is 2.06 bits per heavy atom. The molecule has 0 heterocycles. The van der Waals surface area contributed by atoms with Crippen LogP contribution in [-0.4, -0.2) is 17.5 Å². The number of aldehydes is 1. The summed E-state index contributed by atoms with van der Waals surface area (Å²) in [5, 5.41) is 0. The van der Waals surface area contributed by atoms with Gasteiger partial charge in [0.15, 0.2) is 12.1 Å². The molecule has 2 N–H and O–H groups in total. The Morgan fingerprint density at radius 2 is 1.69 bits per heavy atom. The third kappa shape index (κ3) is 3.82. The SMILES string of the molecule is O.O=CC(=O)Cc1ccc(C(F)(F)F)cc1. The predicted molar refractivity (Wildman–Crippen MR) is 49.8 cm³/mol. The van der Waals surface area contributed by atoms with Gasteiger partial charge in [-0.1, -0.05) is 12.1 Å². The molecule has 6 heteroatoms. The summed E-state index contributed by atoms with van der Waals surface area (Å²) in [5.41, 5.74) is -0.384. The maximum absolute atomic E-state index is 12.1. The van der Waals surface area contributed by atoms with Crippen LogP contribution in [0.3, 0.4) is 0 Å². The summed E-state index contributed by atoms with van der Waals surface area (Å²) in [6.45, 7) is 0. The number of halogens is 3. The Bertz CT molecular complexity index is 368. The van der Waals surface area contributed by atoms with Crippen molar-refractivity contribution in [3.05, 3.63) is 35.4 Å². The Morgan fingerprint density at radius 1 is 1.19 bits per heavy atom. The van der Waals surface area contributed by atoms with E-state index >= 15 is 0 Å². The molecule has 0 aliphatic carbocycles. The summed E-state index contributed by atoms with van der Waals surface area (Å²) < 4.78 is 36.4. The van der Waals surface area contributed by atoms with E-state index in [0.29, 0.717) is 5.56 Å². The van der Waals surface area contributed by atoms with Gasteiger partial charge in [0.25, 0.3) is 0 Å². The van der Waals surface area contributed by atoms with Crippen molar-refractivity contribution in [1.29, 1.82) is 0 Å². The first-order valence-electron chi connectivity index (χ1n) is 4.07. The molecule has 0 bridgehead atoms. The standard InChI is InChI=1S/C10H7F3O2.H2O/c11-10(12,13)8-3-1-7(2-4-8)5-9(15)6-14;/h1-4,6H,5H2;1H2. The van der Waals surface area contributed by atoms with Gasteiger partial charge in [0.05, 0.1) is 5.56 Å². The predicted octanol–water partition coefficient (Wildman–Crippen LogP) is 1.19. The zero-order chi connectivity index (χ0) is 11.5. The van der Waals surface area contributed by atoms with E-state index in [-0.39, 0.29) is 18.2 Å². The van der Waals surface area contributed by atoms with Gasteiger partial charge in [-0.15, -0.1) is 0 Å². The van der Waals surface area contributed by atoms with E-state index in [9.17, 15) is 22.8 Å². The number of carbonyl (C=O) groups is 2. The van der Waals surface area contributed by atoms with Crippen LogP contribution in [0.15, 0.2) is 24.3 Å². The lowest BCUT2D eigenvalue weighted by atomic mass is 10.1. The number of hydrogen-bond donors (Lipinski definition) is 0. The lowest BCUT2D eigenvalue weighted by molar-refractivity contribution is -0.137. The number of rotatable bonds is 3. The van der Waals surface area contributed by atoms with Gasteiger partial charge in [0.1, 0.15) is 0 Å². The van der Waals surface area contributed by atoms with Crippen LogP contribution in [0.1, 0.15) is 11.1 Å². The van der Waals surface area contributed by atoms with Gasteiger partial charge in [-0.2, -0.15) is 13.2 Å². The number of Topliss-reactive ketones (excluding diaryl/α,β-unsaturated/α-hetero) is 1. The summed E-state index contributed by atoms with van der Waals surface area (Å²) in [6, 6.07) is 4.13. The number of carbonyl (C=O) groups excluding carboxylic acids is 2. The molecule has 3 nitrogen and oxygen atoms in total. The molecule has 0 amide bonds. The number of benzene rings is 1. The molecule has 16 heavy (non-hydrogen) atoms. The van der Waals surface area contributed by atoms with Gasteiger partial charge in [0.2, 0.25) is 0 Å². The van der Waals surface area contributed by atoms with Crippen LogP contribution in [0, 0.1) is 0 Å². The molecule has 0 aliphatic heterocycles. The minimum Gasteiger partial charge on any atom is -0.412 e. The van der Waals surface area contributed by atoms with Crippen LogP contribution in [0.5, 0.6) is 0 Å². The van der Waals surface area contributed by atoms with E-state index in [1.165, 1.54) is 12.1 Å². The third-order valence-corrected chi connectivity index (χ3v) is 1.79. The van der Waals surface area contributed by atoms with Gasteiger partial charge in [-0.05, 0) is 17.7 Å². The first kappa shape index (κ1) is 14.3. The lowest BCUT2D eigenvalue weighted by Crippen LogP contribution is -2.06. The summed E-state index contributed by atoms with van der Waals surface area (Å²) in [4.78, 5) is 20.7. The molecule has 1 rings (SSSR count). The first-order chi connectivity index (χ1) is 6.93. The largest absolute Gasteiger partial charge is 0.416 e. The van der Waals surface area contributed by atoms with Crippen LogP contribution in [0.2, 0.25) is 0 Å². The fourth-order valence-corrected chi connectivity index (χ4v) is 1.05. The fraction of sp³-hybridized carbons (Fsp3) is 0.200. The molecule has 0 radical (unpaired) electrons. The number of hydrogen-bond acceptors (Lipinski definition) is 2. The van der Waals surface area contributed by atoms with Gasteiger partial charge in [-0.3, -0.25) is 9.59 Å². The van der Waals surface area contributed by atoms with Gasteiger partial charge < -0.3 is 5.48 Å². The molecule has 0 saturated heterocycles. The Hall–Kier alpha value is -1.69. The van der Waals surface area contributed by atoms with E-state index in [2.05, 4.69) is 0 Å². The second kappa shape index (κ2) is 5.41. The van der Waals surface area contributed by atoms with Crippen molar-refractivity contribution in [2.45, 2.75) is 12.6 Å². The van der Waals surface area contributed by atoms with Crippen LogP contribution in [0.25, 0.3) is 0 Å². The number of ketones is 1. The van der Waals surface area contributed by atoms with Crippen molar-refractivity contribution in [2.75, 3.05) is 0 Å². The lowest BCUT2D eigenvalue weighted by Gasteiger charge is -2.06. The van der Waals surface area contributed by atoms with Gasteiger partial charge in [-0.25, -0.2) is 0 Å². The van der Waals surface area contributed by atoms with Crippen molar-refractivity contribution in [3.63, 3.8) is 0 Å². The zero-order valence-electron chi connectivity index (χ0n) is 8.04. The average Bonchev–Trinajstić information content (AvgIpc) is 2.17. The maximum Gasteiger partial charge on any atom is 0.416 e. The molecular formula is C10H9F3O3. The summed E-state index contributed by atoms with van der Waals surface area (Å²) in [5.74, 6) is -0.658. The van der Waals surface area contributed by atoms with Crippen LogP contribution in [0.4, 0.5) is 13.2 Å². The smallest absolute Gasteiger partial charge is 0.412 e. The van der Waals surface area contributed by atoms with E-state index in [4.69, 9.17) is 0 Å². The van der Waals surface area contributed by atoms with Crippen molar-refractivity contribution in [2.24, 2.45) is 0 Å². The molecule has 0 aliphatic rings. The second-order valence-corrected chi connectivity index (χ2v) is 2.96.